The molecule has 5 rings (SSSR count). The summed E-state index contributed by atoms with van der Waals surface area (Å²) in [6.07, 6.45) is 1.51. The molecule has 3 atom stereocenters. The van der Waals surface area contributed by atoms with Gasteiger partial charge in [0.05, 0.1) is 5.41 Å². The van der Waals surface area contributed by atoms with E-state index < -0.39 is 23.0 Å². The normalized spacial score (nSPS) is 24.2. The van der Waals surface area contributed by atoms with Crippen molar-refractivity contribution in [2.75, 3.05) is 13.2 Å². The van der Waals surface area contributed by atoms with Crippen LogP contribution >= 0.6 is 0 Å². The maximum atomic E-state index is 13.4. The maximum absolute atomic E-state index is 13.4. The van der Waals surface area contributed by atoms with Crippen LogP contribution < -0.4 is 5.32 Å². The van der Waals surface area contributed by atoms with Gasteiger partial charge in [0.15, 0.2) is 0 Å². The minimum absolute atomic E-state index is 0.00517. The lowest BCUT2D eigenvalue weighted by molar-refractivity contribution is -0.159. The third-order valence-electron chi connectivity index (χ3n) is 8.26. The Bertz CT molecular complexity index is 1150. The standard InChI is InChI=1S/C28H32N2O5/c1-4-30(27(2,3)25(32)33)24(31)28-14-17(28)13-18(15-28)29-26(34)35-16-23-21-11-7-5-9-19(21)20-10-6-8-12-22(20)23/h5-12,17-18,23H,4,13-16H2,1-3H3,(H,29,34)(H,32,33)/t17-,18+,28+/m0/s1. The summed E-state index contributed by atoms with van der Waals surface area (Å²) in [6.45, 7) is 5.50. The first-order chi connectivity index (χ1) is 16.7. The Labute approximate surface area is 205 Å². The van der Waals surface area contributed by atoms with Crippen molar-refractivity contribution in [3.05, 3.63) is 59.7 Å². The van der Waals surface area contributed by atoms with Gasteiger partial charge < -0.3 is 20.1 Å². The highest BCUT2D eigenvalue weighted by Gasteiger charge is 2.67. The van der Waals surface area contributed by atoms with Crippen molar-refractivity contribution in [1.82, 2.24) is 10.2 Å². The second-order valence-electron chi connectivity index (χ2n) is 10.6. The van der Waals surface area contributed by atoms with Gasteiger partial charge in [-0.2, -0.15) is 0 Å². The molecular formula is C28H32N2O5. The average Bonchev–Trinajstić information content (AvgIpc) is 3.26. The predicted molar refractivity (Wildman–Crippen MR) is 131 cm³/mol. The number of hydrogen-bond donors (Lipinski definition) is 2. The molecule has 184 valence electrons. The summed E-state index contributed by atoms with van der Waals surface area (Å²) in [5, 5.41) is 12.6. The Hall–Kier alpha value is -3.35. The molecular weight excluding hydrogens is 444 g/mol. The Balaban J connectivity index is 1.21. The molecule has 2 amide bonds. The zero-order chi connectivity index (χ0) is 25.0. The zero-order valence-corrected chi connectivity index (χ0v) is 20.4. The summed E-state index contributed by atoms with van der Waals surface area (Å²) in [5.74, 6) is -0.969. The largest absolute Gasteiger partial charge is 0.480 e. The van der Waals surface area contributed by atoms with E-state index in [9.17, 15) is 19.5 Å². The molecule has 7 nitrogen and oxygen atoms in total. The quantitative estimate of drug-likeness (QED) is 0.617. The Morgan fingerprint density at radius 3 is 2.23 bits per heavy atom. The van der Waals surface area contributed by atoms with Gasteiger partial charge in [-0.25, -0.2) is 9.59 Å². The minimum atomic E-state index is -1.27. The van der Waals surface area contributed by atoms with Gasteiger partial charge in [0.25, 0.3) is 0 Å². The molecule has 7 heteroatoms. The van der Waals surface area contributed by atoms with Crippen molar-refractivity contribution >= 4 is 18.0 Å². The van der Waals surface area contributed by atoms with Crippen LogP contribution in [0.1, 0.15) is 57.1 Å². The van der Waals surface area contributed by atoms with Crippen LogP contribution in [0.5, 0.6) is 0 Å². The van der Waals surface area contributed by atoms with Crippen LogP contribution in [-0.4, -0.2) is 52.7 Å². The summed E-state index contributed by atoms with van der Waals surface area (Å²) < 4.78 is 5.68. The van der Waals surface area contributed by atoms with Crippen molar-refractivity contribution in [2.45, 2.75) is 57.5 Å². The molecule has 2 aromatic carbocycles. The van der Waals surface area contributed by atoms with E-state index in [0.717, 1.165) is 17.5 Å². The van der Waals surface area contributed by atoms with Crippen molar-refractivity contribution < 1.29 is 24.2 Å². The van der Waals surface area contributed by atoms with Gasteiger partial charge in [-0.05, 0) is 68.2 Å². The van der Waals surface area contributed by atoms with E-state index in [1.54, 1.807) is 20.8 Å². The number of amides is 2. The summed E-state index contributed by atoms with van der Waals surface area (Å²) in [4.78, 5) is 39.3. The number of carbonyl (C=O) groups excluding carboxylic acids is 2. The van der Waals surface area contributed by atoms with Crippen molar-refractivity contribution in [3.8, 4) is 11.1 Å². The number of carboxylic acid groups (broad SMARTS) is 1. The van der Waals surface area contributed by atoms with E-state index in [1.165, 1.54) is 16.0 Å². The molecule has 0 saturated heterocycles. The Morgan fingerprint density at radius 2 is 1.66 bits per heavy atom. The number of carboxylic acids is 1. The van der Waals surface area contributed by atoms with Gasteiger partial charge in [-0.3, -0.25) is 4.79 Å². The molecule has 0 unspecified atom stereocenters. The fraction of sp³-hybridized carbons (Fsp3) is 0.464. The number of rotatable bonds is 7. The highest BCUT2D eigenvalue weighted by molar-refractivity contribution is 5.92. The van der Waals surface area contributed by atoms with Crippen LogP contribution in [0.3, 0.4) is 0 Å². The van der Waals surface area contributed by atoms with Crippen LogP contribution in [0.15, 0.2) is 48.5 Å². The van der Waals surface area contributed by atoms with Gasteiger partial charge in [0.2, 0.25) is 5.91 Å². The molecule has 0 radical (unpaired) electrons. The van der Waals surface area contributed by atoms with E-state index in [-0.39, 0.29) is 30.4 Å². The lowest BCUT2D eigenvalue weighted by atomic mass is 9.95. The smallest absolute Gasteiger partial charge is 0.407 e. The number of fused-ring (bicyclic) bond motifs is 4. The van der Waals surface area contributed by atoms with Gasteiger partial charge in [0.1, 0.15) is 12.1 Å². The summed E-state index contributed by atoms with van der Waals surface area (Å²) in [6, 6.07) is 16.3. The molecule has 0 heterocycles. The lowest BCUT2D eigenvalue weighted by Crippen LogP contribution is -2.55. The molecule has 2 fully saturated rings. The Kier molecular flexibility index (Phi) is 5.61. The molecule has 0 spiro atoms. The number of nitrogens with one attached hydrogen (secondary N) is 1. The third kappa shape index (κ3) is 3.77. The maximum Gasteiger partial charge on any atom is 0.407 e. The van der Waals surface area contributed by atoms with Crippen LogP contribution in [-0.2, 0) is 14.3 Å². The highest BCUT2D eigenvalue weighted by atomic mass is 16.5. The van der Waals surface area contributed by atoms with Gasteiger partial charge in [-0.15, -0.1) is 0 Å². The molecule has 3 aliphatic carbocycles. The number of hydrogen-bond acceptors (Lipinski definition) is 4. The van der Waals surface area contributed by atoms with Gasteiger partial charge in [-0.1, -0.05) is 48.5 Å². The van der Waals surface area contributed by atoms with Crippen LogP contribution in [0.2, 0.25) is 0 Å². The first kappa shape index (κ1) is 23.4. The molecule has 2 aromatic rings. The van der Waals surface area contributed by atoms with Crippen molar-refractivity contribution in [2.24, 2.45) is 11.3 Å². The molecule has 0 bridgehead atoms. The average molecular weight is 477 g/mol. The number of alkyl carbamates (subject to hydrolysis) is 1. The van der Waals surface area contributed by atoms with Crippen LogP contribution in [0, 0.1) is 11.3 Å². The van der Waals surface area contributed by atoms with Crippen LogP contribution in [0.4, 0.5) is 4.79 Å². The topological polar surface area (TPSA) is 95.9 Å². The van der Waals surface area contributed by atoms with E-state index in [4.69, 9.17) is 4.74 Å². The number of carbonyl (C=O) groups is 3. The SMILES string of the molecule is CCN(C(=O)[C@]12C[C@H](NC(=O)OCC3c4ccccc4-c4ccccc43)C[C@H]1C2)C(C)(C)C(=O)O. The van der Waals surface area contributed by atoms with Gasteiger partial charge in [0, 0.05) is 18.5 Å². The first-order valence-corrected chi connectivity index (χ1v) is 12.4. The summed E-state index contributed by atoms with van der Waals surface area (Å²) >= 11 is 0. The van der Waals surface area contributed by atoms with Crippen molar-refractivity contribution in [3.63, 3.8) is 0 Å². The number of ether oxygens (including phenoxy) is 1. The Morgan fingerprint density at radius 1 is 1.06 bits per heavy atom. The monoisotopic (exact) mass is 476 g/mol. The molecule has 3 aliphatic rings. The number of aliphatic carboxylic acids is 1. The fourth-order valence-electron chi connectivity index (χ4n) is 6.25. The second kappa shape index (κ2) is 8.40. The molecule has 2 N–H and O–H groups in total. The van der Waals surface area contributed by atoms with Crippen molar-refractivity contribution in [1.29, 1.82) is 0 Å². The van der Waals surface area contributed by atoms with Crippen LogP contribution in [0.25, 0.3) is 11.1 Å². The predicted octanol–water partition coefficient (Wildman–Crippen LogP) is 4.41. The molecule has 2 saturated carbocycles. The molecule has 35 heavy (non-hydrogen) atoms. The lowest BCUT2D eigenvalue weighted by Gasteiger charge is -2.37. The third-order valence-corrected chi connectivity index (χ3v) is 8.26. The number of benzene rings is 2. The first-order valence-electron chi connectivity index (χ1n) is 12.4. The summed E-state index contributed by atoms with van der Waals surface area (Å²) in [5.41, 5.74) is 2.84. The molecule has 0 aromatic heterocycles. The van der Waals surface area contributed by atoms with E-state index >= 15 is 0 Å². The molecule has 0 aliphatic heterocycles. The highest BCUT2D eigenvalue weighted by Crippen LogP contribution is 2.64. The van der Waals surface area contributed by atoms with Gasteiger partial charge >= 0.3 is 12.1 Å². The fourth-order valence-corrected chi connectivity index (χ4v) is 6.25. The van der Waals surface area contributed by atoms with E-state index in [1.807, 2.05) is 24.3 Å². The second-order valence-corrected chi connectivity index (χ2v) is 10.6. The number of nitrogens with zero attached hydrogens (tertiary/aromatic N) is 1. The van der Waals surface area contributed by atoms with E-state index in [2.05, 4.69) is 29.6 Å². The van der Waals surface area contributed by atoms with E-state index in [0.29, 0.717) is 19.4 Å². The minimum Gasteiger partial charge on any atom is -0.480 e. The number of likely N-dealkylation sites (N-methyl/N-ethyl adjacent to an activating group) is 1. The summed E-state index contributed by atoms with van der Waals surface area (Å²) in [7, 11) is 0. The zero-order valence-electron chi connectivity index (χ0n) is 20.4.